The van der Waals surface area contributed by atoms with Crippen molar-refractivity contribution in [3.63, 3.8) is 0 Å². The zero-order valence-corrected chi connectivity index (χ0v) is 19.5. The number of para-hydroxylation sites is 1. The largest absolute Gasteiger partial charge is 0.496 e. The van der Waals surface area contributed by atoms with Gasteiger partial charge in [-0.05, 0) is 24.3 Å². The molecule has 2 aliphatic rings. The van der Waals surface area contributed by atoms with Gasteiger partial charge in [0, 0.05) is 25.1 Å². The van der Waals surface area contributed by atoms with Crippen molar-refractivity contribution in [2.75, 3.05) is 46.6 Å². The minimum Gasteiger partial charge on any atom is -0.496 e. The first-order valence-electron chi connectivity index (χ1n) is 10.8. The Morgan fingerprint density at radius 1 is 1.12 bits per heavy atom. The number of esters is 1. The van der Waals surface area contributed by atoms with Gasteiger partial charge in [-0.2, -0.15) is 4.31 Å². The third kappa shape index (κ3) is 5.16. The lowest BCUT2D eigenvalue weighted by Crippen LogP contribution is -2.40. The Labute approximate surface area is 197 Å². The van der Waals surface area contributed by atoms with E-state index in [1.165, 1.54) is 29.6 Å². The van der Waals surface area contributed by atoms with E-state index < -0.39 is 28.5 Å². The zero-order valence-electron chi connectivity index (χ0n) is 18.7. The average molecular weight is 491 g/mol. The number of carbonyl (C=O) groups is 2. The van der Waals surface area contributed by atoms with Crippen LogP contribution in [0.25, 0.3) is 0 Å². The third-order valence-electron chi connectivity index (χ3n) is 5.63. The normalized spacial score (nSPS) is 18.3. The van der Waals surface area contributed by atoms with Crippen LogP contribution in [0.15, 0.2) is 47.4 Å². The van der Waals surface area contributed by atoms with E-state index in [9.17, 15) is 18.0 Å². The van der Waals surface area contributed by atoms with Gasteiger partial charge in [-0.3, -0.25) is 4.79 Å². The number of ether oxygens (including phenoxy) is 4. The standard InChI is InChI=1S/C23H26N2O8S/c1-30-20-7-6-16(34(28,29)25-9-12-31-13-10-25)14-18(20)23(27)33-15-22(26)24-19-8-11-32-21-5-3-2-4-17(19)21/h2-7,14,19H,8-13,15H2,1H3,(H,24,26)/t19-/m1/s1. The maximum atomic E-state index is 13.0. The lowest BCUT2D eigenvalue weighted by atomic mass is 10.0. The fourth-order valence-corrected chi connectivity index (χ4v) is 5.31. The summed E-state index contributed by atoms with van der Waals surface area (Å²) in [4.78, 5) is 25.1. The topological polar surface area (TPSA) is 120 Å². The average Bonchev–Trinajstić information content (AvgIpc) is 2.87. The van der Waals surface area contributed by atoms with Gasteiger partial charge in [-0.25, -0.2) is 13.2 Å². The Balaban J connectivity index is 1.43. The van der Waals surface area contributed by atoms with Crippen LogP contribution in [0.4, 0.5) is 0 Å². The first kappa shape index (κ1) is 24.0. The second-order valence-corrected chi connectivity index (χ2v) is 9.69. The minimum absolute atomic E-state index is 0.0644. The second-order valence-electron chi connectivity index (χ2n) is 7.75. The van der Waals surface area contributed by atoms with Crippen molar-refractivity contribution in [2.24, 2.45) is 0 Å². The van der Waals surface area contributed by atoms with E-state index in [-0.39, 0.29) is 35.3 Å². The number of methoxy groups -OCH3 is 1. The quantitative estimate of drug-likeness (QED) is 0.580. The number of amides is 1. The van der Waals surface area contributed by atoms with Crippen LogP contribution in [0.3, 0.4) is 0 Å². The molecule has 2 aromatic rings. The summed E-state index contributed by atoms with van der Waals surface area (Å²) >= 11 is 0. The van der Waals surface area contributed by atoms with Crippen molar-refractivity contribution >= 4 is 21.9 Å². The molecule has 0 bridgehead atoms. The highest BCUT2D eigenvalue weighted by atomic mass is 32.2. The molecule has 1 amide bonds. The molecule has 1 saturated heterocycles. The summed E-state index contributed by atoms with van der Waals surface area (Å²) in [6.45, 7) is 0.993. The zero-order chi connectivity index (χ0) is 24.1. The summed E-state index contributed by atoms with van der Waals surface area (Å²) in [6.07, 6.45) is 0.589. The van der Waals surface area contributed by atoms with Gasteiger partial charge in [0.2, 0.25) is 10.0 Å². The molecule has 2 aliphatic heterocycles. The monoisotopic (exact) mass is 490 g/mol. The van der Waals surface area contributed by atoms with Crippen molar-refractivity contribution < 1.29 is 37.0 Å². The van der Waals surface area contributed by atoms with Crippen LogP contribution in [-0.4, -0.2) is 71.2 Å². The van der Waals surface area contributed by atoms with E-state index in [0.29, 0.717) is 32.0 Å². The first-order chi connectivity index (χ1) is 16.4. The molecule has 2 heterocycles. The Morgan fingerprint density at radius 3 is 2.65 bits per heavy atom. The predicted molar refractivity (Wildman–Crippen MR) is 120 cm³/mol. The lowest BCUT2D eigenvalue weighted by Gasteiger charge is -2.26. The molecule has 1 atom stereocenters. The molecule has 0 saturated carbocycles. The first-order valence-corrected chi connectivity index (χ1v) is 12.3. The lowest BCUT2D eigenvalue weighted by molar-refractivity contribution is -0.125. The molecule has 1 N–H and O–H groups in total. The number of rotatable bonds is 7. The van der Waals surface area contributed by atoms with E-state index >= 15 is 0 Å². The van der Waals surface area contributed by atoms with Gasteiger partial charge in [-0.15, -0.1) is 0 Å². The second kappa shape index (κ2) is 10.4. The molecule has 0 radical (unpaired) electrons. The number of hydrogen-bond donors (Lipinski definition) is 1. The predicted octanol–water partition coefficient (Wildman–Crippen LogP) is 1.51. The van der Waals surface area contributed by atoms with Crippen LogP contribution in [0.5, 0.6) is 11.5 Å². The van der Waals surface area contributed by atoms with Gasteiger partial charge in [0.25, 0.3) is 5.91 Å². The number of sulfonamides is 1. The van der Waals surface area contributed by atoms with E-state index in [1.54, 1.807) is 0 Å². The maximum absolute atomic E-state index is 13.0. The summed E-state index contributed by atoms with van der Waals surface area (Å²) in [7, 11) is -2.46. The summed E-state index contributed by atoms with van der Waals surface area (Å²) in [6, 6.07) is 11.1. The third-order valence-corrected chi connectivity index (χ3v) is 7.52. The van der Waals surface area contributed by atoms with Crippen molar-refractivity contribution in [2.45, 2.75) is 17.4 Å². The molecular weight excluding hydrogens is 464 g/mol. The molecule has 0 spiro atoms. The van der Waals surface area contributed by atoms with Crippen molar-refractivity contribution in [3.8, 4) is 11.5 Å². The van der Waals surface area contributed by atoms with Gasteiger partial charge in [0.15, 0.2) is 6.61 Å². The Bertz CT molecular complexity index is 1160. The molecule has 182 valence electrons. The fourth-order valence-electron chi connectivity index (χ4n) is 3.88. The Morgan fingerprint density at radius 2 is 1.88 bits per heavy atom. The molecule has 10 nitrogen and oxygen atoms in total. The van der Waals surface area contributed by atoms with Crippen LogP contribution in [0, 0.1) is 0 Å². The molecule has 0 aromatic heterocycles. The number of nitrogens with one attached hydrogen (secondary N) is 1. The summed E-state index contributed by atoms with van der Waals surface area (Å²) in [5.41, 5.74) is 0.775. The van der Waals surface area contributed by atoms with Gasteiger partial charge in [-0.1, -0.05) is 18.2 Å². The molecule has 0 unspecified atom stereocenters. The maximum Gasteiger partial charge on any atom is 0.342 e. The number of morpholine rings is 1. The van der Waals surface area contributed by atoms with E-state index in [2.05, 4.69) is 5.32 Å². The van der Waals surface area contributed by atoms with Crippen LogP contribution >= 0.6 is 0 Å². The summed E-state index contributed by atoms with van der Waals surface area (Å²) in [5, 5.41) is 2.85. The smallest absolute Gasteiger partial charge is 0.342 e. The number of hydrogen-bond acceptors (Lipinski definition) is 8. The molecule has 4 rings (SSSR count). The molecule has 1 fully saturated rings. The van der Waals surface area contributed by atoms with Crippen LogP contribution < -0.4 is 14.8 Å². The van der Waals surface area contributed by atoms with E-state index in [0.717, 1.165) is 5.56 Å². The van der Waals surface area contributed by atoms with Crippen molar-refractivity contribution in [3.05, 3.63) is 53.6 Å². The van der Waals surface area contributed by atoms with E-state index in [1.807, 2.05) is 24.3 Å². The van der Waals surface area contributed by atoms with Crippen LogP contribution in [0.1, 0.15) is 28.4 Å². The van der Waals surface area contributed by atoms with Gasteiger partial charge < -0.3 is 24.3 Å². The van der Waals surface area contributed by atoms with Gasteiger partial charge in [0.1, 0.15) is 17.1 Å². The molecule has 0 aliphatic carbocycles. The summed E-state index contributed by atoms with van der Waals surface area (Å²) in [5.74, 6) is -0.492. The molecular formula is C23H26N2O8S. The number of fused-ring (bicyclic) bond motifs is 1. The Kier molecular flexibility index (Phi) is 7.35. The SMILES string of the molecule is COc1ccc(S(=O)(=O)N2CCOCC2)cc1C(=O)OCC(=O)N[C@@H]1CCOc2ccccc21. The van der Waals surface area contributed by atoms with Gasteiger partial charge in [0.05, 0.1) is 37.9 Å². The van der Waals surface area contributed by atoms with E-state index in [4.69, 9.17) is 18.9 Å². The number of carbonyl (C=O) groups excluding carboxylic acids is 2. The van der Waals surface area contributed by atoms with Crippen LogP contribution in [-0.2, 0) is 24.3 Å². The highest BCUT2D eigenvalue weighted by molar-refractivity contribution is 7.89. The van der Waals surface area contributed by atoms with Crippen molar-refractivity contribution in [1.82, 2.24) is 9.62 Å². The molecule has 11 heteroatoms. The highest BCUT2D eigenvalue weighted by Gasteiger charge is 2.29. The van der Waals surface area contributed by atoms with Crippen LogP contribution in [0.2, 0.25) is 0 Å². The fraction of sp³-hybridized carbons (Fsp3) is 0.391. The number of nitrogens with zero attached hydrogens (tertiary/aromatic N) is 1. The van der Waals surface area contributed by atoms with Crippen molar-refractivity contribution in [1.29, 1.82) is 0 Å². The number of benzene rings is 2. The summed E-state index contributed by atoms with van der Waals surface area (Å²) < 4.78 is 48.4. The highest BCUT2D eigenvalue weighted by Crippen LogP contribution is 2.31. The minimum atomic E-state index is -3.82. The molecule has 34 heavy (non-hydrogen) atoms. The Hall–Kier alpha value is -3.15. The molecule has 2 aromatic carbocycles. The van der Waals surface area contributed by atoms with Gasteiger partial charge >= 0.3 is 5.97 Å².